The topological polar surface area (TPSA) is 57.7 Å². The third kappa shape index (κ3) is 3.78. The summed E-state index contributed by atoms with van der Waals surface area (Å²) in [7, 11) is -3.70. The van der Waals surface area contributed by atoms with Crippen LogP contribution in [0.5, 0.6) is 0 Å². The van der Waals surface area contributed by atoms with Crippen LogP contribution in [0.3, 0.4) is 0 Å². The minimum absolute atomic E-state index is 0.0771. The maximum absolute atomic E-state index is 13.1. The first-order chi connectivity index (χ1) is 12.3. The number of sulfonamides is 1. The number of nitrogens with zero attached hydrogens (tertiary/aromatic N) is 2. The summed E-state index contributed by atoms with van der Waals surface area (Å²) in [5, 5.41) is 0. The van der Waals surface area contributed by atoms with Crippen LogP contribution in [0.15, 0.2) is 29.2 Å². The Morgan fingerprint density at radius 1 is 1.12 bits per heavy atom. The molecule has 7 heteroatoms. The van der Waals surface area contributed by atoms with Crippen LogP contribution in [-0.2, 0) is 14.8 Å². The average molecular weight is 383 g/mol. The van der Waals surface area contributed by atoms with Gasteiger partial charge in [-0.05, 0) is 55.9 Å². The molecular weight excluding hydrogens is 355 g/mol. The van der Waals surface area contributed by atoms with Gasteiger partial charge in [-0.3, -0.25) is 4.79 Å². The molecule has 2 heterocycles. The molecule has 2 aliphatic heterocycles. The van der Waals surface area contributed by atoms with Crippen LogP contribution in [0.25, 0.3) is 0 Å². The van der Waals surface area contributed by atoms with Crippen molar-refractivity contribution in [2.45, 2.75) is 50.5 Å². The lowest BCUT2D eigenvalue weighted by molar-refractivity contribution is -0.138. The van der Waals surface area contributed by atoms with Crippen molar-refractivity contribution >= 4 is 15.9 Å². The Labute approximate surface area is 155 Å². The summed E-state index contributed by atoms with van der Waals surface area (Å²) in [5.41, 5.74) is 0. The Morgan fingerprint density at radius 2 is 1.77 bits per heavy atom. The number of carbonyl (C=O) groups excluding carboxylic acids is 1. The van der Waals surface area contributed by atoms with Crippen molar-refractivity contribution in [2.75, 3.05) is 19.6 Å². The van der Waals surface area contributed by atoms with Crippen LogP contribution in [0.2, 0.25) is 0 Å². The molecule has 2 aliphatic rings. The number of hydrogen-bond acceptors (Lipinski definition) is 3. The van der Waals surface area contributed by atoms with Gasteiger partial charge in [0.15, 0.2) is 0 Å². The minimum Gasteiger partial charge on any atom is -0.339 e. The van der Waals surface area contributed by atoms with Gasteiger partial charge in [-0.15, -0.1) is 0 Å². The van der Waals surface area contributed by atoms with Crippen molar-refractivity contribution < 1.29 is 17.6 Å². The van der Waals surface area contributed by atoms with E-state index < -0.39 is 15.8 Å². The van der Waals surface area contributed by atoms with E-state index in [1.807, 2.05) is 4.90 Å². The Bertz CT molecular complexity index is 749. The van der Waals surface area contributed by atoms with Gasteiger partial charge in [0.2, 0.25) is 15.9 Å². The molecule has 26 heavy (non-hydrogen) atoms. The van der Waals surface area contributed by atoms with E-state index in [0.29, 0.717) is 18.9 Å². The Morgan fingerprint density at radius 3 is 2.42 bits per heavy atom. The first-order valence-corrected chi connectivity index (χ1v) is 10.8. The number of carbonyl (C=O) groups is 1. The van der Waals surface area contributed by atoms with Gasteiger partial charge in [0.05, 0.1) is 10.8 Å². The van der Waals surface area contributed by atoms with Gasteiger partial charge in [-0.2, -0.15) is 4.31 Å². The SMILES string of the molecule is CC(C)C1CCCN1C(=O)C1CCCN(S(=O)(=O)c2ccc(F)cc2)C1. The normalized spacial score (nSPS) is 25.0. The number of halogens is 1. The molecule has 2 atom stereocenters. The first-order valence-electron chi connectivity index (χ1n) is 9.37. The van der Waals surface area contributed by atoms with Crippen molar-refractivity contribution in [3.05, 3.63) is 30.1 Å². The molecule has 2 saturated heterocycles. The van der Waals surface area contributed by atoms with E-state index >= 15 is 0 Å². The molecule has 3 rings (SSSR count). The molecular formula is C19H27FN2O3S. The largest absolute Gasteiger partial charge is 0.339 e. The molecule has 0 aliphatic carbocycles. The number of amides is 1. The van der Waals surface area contributed by atoms with Gasteiger partial charge in [-0.1, -0.05) is 13.8 Å². The molecule has 0 saturated carbocycles. The van der Waals surface area contributed by atoms with Crippen LogP contribution >= 0.6 is 0 Å². The third-order valence-corrected chi connectivity index (χ3v) is 7.42. The second kappa shape index (κ2) is 7.64. The first kappa shape index (κ1) is 19.3. The van der Waals surface area contributed by atoms with E-state index in [0.717, 1.165) is 37.9 Å². The fourth-order valence-electron chi connectivity index (χ4n) is 4.11. The van der Waals surface area contributed by atoms with Crippen molar-refractivity contribution in [1.82, 2.24) is 9.21 Å². The van der Waals surface area contributed by atoms with E-state index in [2.05, 4.69) is 13.8 Å². The molecule has 1 amide bonds. The molecule has 2 fully saturated rings. The van der Waals surface area contributed by atoms with E-state index in [9.17, 15) is 17.6 Å². The monoisotopic (exact) mass is 382 g/mol. The van der Waals surface area contributed by atoms with E-state index in [4.69, 9.17) is 0 Å². The van der Waals surface area contributed by atoms with Crippen molar-refractivity contribution in [3.8, 4) is 0 Å². The lowest BCUT2D eigenvalue weighted by Gasteiger charge is -2.36. The average Bonchev–Trinajstić information content (AvgIpc) is 3.11. The molecule has 0 N–H and O–H groups in total. The summed E-state index contributed by atoms with van der Waals surface area (Å²) >= 11 is 0. The highest BCUT2D eigenvalue weighted by Crippen LogP contribution is 2.30. The second-order valence-electron chi connectivity index (χ2n) is 7.64. The van der Waals surface area contributed by atoms with Gasteiger partial charge in [0.1, 0.15) is 5.82 Å². The maximum atomic E-state index is 13.1. The molecule has 5 nitrogen and oxygen atoms in total. The highest BCUT2D eigenvalue weighted by Gasteiger charge is 2.38. The van der Waals surface area contributed by atoms with E-state index in [-0.39, 0.29) is 29.3 Å². The summed E-state index contributed by atoms with van der Waals surface area (Å²) in [6.07, 6.45) is 3.42. The van der Waals surface area contributed by atoms with E-state index in [1.165, 1.54) is 16.4 Å². The molecule has 0 radical (unpaired) electrons. The fraction of sp³-hybridized carbons (Fsp3) is 0.632. The van der Waals surface area contributed by atoms with Gasteiger partial charge in [0, 0.05) is 25.7 Å². The lowest BCUT2D eigenvalue weighted by Crippen LogP contribution is -2.48. The maximum Gasteiger partial charge on any atom is 0.243 e. The Kier molecular flexibility index (Phi) is 5.67. The summed E-state index contributed by atoms with van der Waals surface area (Å²) in [4.78, 5) is 15.1. The highest BCUT2D eigenvalue weighted by atomic mass is 32.2. The van der Waals surface area contributed by atoms with Gasteiger partial charge < -0.3 is 4.90 Å². The number of hydrogen-bond donors (Lipinski definition) is 0. The molecule has 0 aromatic heterocycles. The Balaban J connectivity index is 1.74. The summed E-state index contributed by atoms with van der Waals surface area (Å²) in [6.45, 7) is 5.63. The molecule has 0 bridgehead atoms. The van der Waals surface area contributed by atoms with Crippen molar-refractivity contribution in [2.24, 2.45) is 11.8 Å². The molecule has 144 valence electrons. The van der Waals surface area contributed by atoms with Crippen molar-refractivity contribution in [3.63, 3.8) is 0 Å². The second-order valence-corrected chi connectivity index (χ2v) is 9.58. The number of likely N-dealkylation sites (tertiary alicyclic amines) is 1. The standard InChI is InChI=1S/C19H27FN2O3S/c1-14(2)18-6-4-12-22(18)19(23)15-5-3-11-21(13-15)26(24,25)17-9-7-16(20)8-10-17/h7-10,14-15,18H,3-6,11-13H2,1-2H3. The zero-order valence-corrected chi connectivity index (χ0v) is 16.2. The molecule has 2 unspecified atom stereocenters. The smallest absolute Gasteiger partial charge is 0.243 e. The van der Waals surface area contributed by atoms with Crippen molar-refractivity contribution in [1.29, 1.82) is 0 Å². The highest BCUT2D eigenvalue weighted by molar-refractivity contribution is 7.89. The summed E-state index contributed by atoms with van der Waals surface area (Å²) in [5.74, 6) is -0.271. The van der Waals surface area contributed by atoms with Gasteiger partial charge >= 0.3 is 0 Å². The van der Waals surface area contributed by atoms with Crippen LogP contribution in [0.1, 0.15) is 39.5 Å². The van der Waals surface area contributed by atoms with E-state index in [1.54, 1.807) is 0 Å². The van der Waals surface area contributed by atoms with Gasteiger partial charge in [-0.25, -0.2) is 12.8 Å². The lowest BCUT2D eigenvalue weighted by atomic mass is 9.96. The number of benzene rings is 1. The number of rotatable bonds is 4. The predicted molar refractivity (Wildman–Crippen MR) is 97.5 cm³/mol. The predicted octanol–water partition coefficient (Wildman–Crippen LogP) is 2.87. The van der Waals surface area contributed by atoms with Crippen LogP contribution in [0, 0.1) is 17.7 Å². The van der Waals surface area contributed by atoms with Crippen LogP contribution in [-0.4, -0.2) is 49.2 Å². The summed E-state index contributed by atoms with van der Waals surface area (Å²) in [6, 6.07) is 5.12. The molecule has 0 spiro atoms. The third-order valence-electron chi connectivity index (χ3n) is 5.54. The van der Waals surface area contributed by atoms with Crippen LogP contribution < -0.4 is 0 Å². The van der Waals surface area contributed by atoms with Crippen LogP contribution in [0.4, 0.5) is 4.39 Å². The quantitative estimate of drug-likeness (QED) is 0.805. The zero-order valence-electron chi connectivity index (χ0n) is 15.4. The van der Waals surface area contributed by atoms with Gasteiger partial charge in [0.25, 0.3) is 0 Å². The zero-order chi connectivity index (χ0) is 18.9. The molecule has 1 aromatic rings. The summed E-state index contributed by atoms with van der Waals surface area (Å²) < 4.78 is 40.2. The number of piperidine rings is 1. The Hall–Kier alpha value is -1.47. The fourth-order valence-corrected chi connectivity index (χ4v) is 5.64. The molecule has 1 aromatic carbocycles. The minimum atomic E-state index is -3.70.